The molecule has 3 atom stereocenters. The van der Waals surface area contributed by atoms with Crippen LogP contribution in [0.15, 0.2) is 48.0 Å². The van der Waals surface area contributed by atoms with Crippen LogP contribution < -0.4 is 10.6 Å². The maximum atomic E-state index is 5.91. The zero-order valence-corrected chi connectivity index (χ0v) is 16.6. The summed E-state index contributed by atoms with van der Waals surface area (Å²) in [6, 6.07) is 8.68. The van der Waals surface area contributed by atoms with E-state index >= 15 is 0 Å². The van der Waals surface area contributed by atoms with Crippen LogP contribution in [0.25, 0.3) is 5.69 Å². The molecule has 3 heterocycles. The molecule has 1 aromatic carbocycles. The maximum absolute atomic E-state index is 5.91. The molecule has 0 saturated carbocycles. The van der Waals surface area contributed by atoms with E-state index in [9.17, 15) is 0 Å². The van der Waals surface area contributed by atoms with Crippen molar-refractivity contribution in [3.63, 3.8) is 0 Å². The lowest BCUT2D eigenvalue weighted by atomic mass is 9.96. The molecular weight excluding hydrogens is 429 g/mol. The summed E-state index contributed by atoms with van der Waals surface area (Å²) < 4.78 is 7.93. The molecule has 2 saturated heterocycles. The first kappa shape index (κ1) is 18.2. The van der Waals surface area contributed by atoms with Crippen molar-refractivity contribution in [2.24, 2.45) is 4.99 Å². The Hall–Kier alpha value is -1.61. The maximum Gasteiger partial charge on any atom is 0.191 e. The number of aromatic nitrogens is 2. The SMILES string of the molecule is CN=C(NCc1ccccc1-n1ccnc1)NC1CC2CCC1O2.I. The first-order valence-corrected chi connectivity index (χ1v) is 8.52. The minimum atomic E-state index is 0. The van der Waals surface area contributed by atoms with Crippen molar-refractivity contribution in [1.82, 2.24) is 20.2 Å². The Labute approximate surface area is 165 Å². The summed E-state index contributed by atoms with van der Waals surface area (Å²) in [5.41, 5.74) is 2.32. The lowest BCUT2D eigenvalue weighted by molar-refractivity contribution is 0.0992. The average Bonchev–Trinajstić information content (AvgIpc) is 3.36. The van der Waals surface area contributed by atoms with E-state index in [1.165, 1.54) is 12.0 Å². The van der Waals surface area contributed by atoms with Gasteiger partial charge >= 0.3 is 0 Å². The molecule has 2 aliphatic heterocycles. The fraction of sp³-hybridized carbons (Fsp3) is 0.444. The molecule has 134 valence electrons. The number of ether oxygens (including phenoxy) is 1. The van der Waals surface area contributed by atoms with Gasteiger partial charge in [-0.05, 0) is 30.9 Å². The highest BCUT2D eigenvalue weighted by molar-refractivity contribution is 14.0. The summed E-state index contributed by atoms with van der Waals surface area (Å²) in [5, 5.41) is 6.94. The van der Waals surface area contributed by atoms with Crippen molar-refractivity contribution >= 4 is 29.9 Å². The summed E-state index contributed by atoms with van der Waals surface area (Å²) >= 11 is 0. The summed E-state index contributed by atoms with van der Waals surface area (Å²) in [4.78, 5) is 8.50. The first-order valence-electron chi connectivity index (χ1n) is 8.52. The van der Waals surface area contributed by atoms with E-state index in [1.807, 2.05) is 30.2 Å². The Morgan fingerprint density at radius 3 is 2.92 bits per heavy atom. The molecule has 25 heavy (non-hydrogen) atoms. The van der Waals surface area contributed by atoms with E-state index in [2.05, 4.69) is 38.8 Å². The number of nitrogens with one attached hydrogen (secondary N) is 2. The second-order valence-corrected chi connectivity index (χ2v) is 6.38. The molecule has 2 fully saturated rings. The van der Waals surface area contributed by atoms with Gasteiger partial charge in [-0.25, -0.2) is 4.98 Å². The first-order chi connectivity index (χ1) is 11.8. The predicted octanol–water partition coefficient (Wildman–Crippen LogP) is 2.48. The molecule has 4 rings (SSSR count). The molecule has 2 bridgehead atoms. The van der Waals surface area contributed by atoms with Crippen molar-refractivity contribution in [3.05, 3.63) is 48.5 Å². The van der Waals surface area contributed by atoms with E-state index in [-0.39, 0.29) is 24.0 Å². The van der Waals surface area contributed by atoms with Crippen LogP contribution in [0.1, 0.15) is 24.8 Å². The number of nitrogens with zero attached hydrogens (tertiary/aromatic N) is 3. The minimum Gasteiger partial charge on any atom is -0.373 e. The van der Waals surface area contributed by atoms with Crippen molar-refractivity contribution < 1.29 is 4.74 Å². The summed E-state index contributed by atoms with van der Waals surface area (Å²) in [5.74, 6) is 0.830. The number of halogens is 1. The fourth-order valence-electron chi connectivity index (χ4n) is 3.65. The average molecular weight is 453 g/mol. The normalized spacial score (nSPS) is 24.8. The highest BCUT2D eigenvalue weighted by Crippen LogP contribution is 2.34. The van der Waals surface area contributed by atoms with Crippen LogP contribution in [0.4, 0.5) is 0 Å². The van der Waals surface area contributed by atoms with Gasteiger partial charge in [0.2, 0.25) is 0 Å². The van der Waals surface area contributed by atoms with Crippen LogP contribution in [0.2, 0.25) is 0 Å². The lowest BCUT2D eigenvalue weighted by Gasteiger charge is -2.23. The molecule has 7 heteroatoms. The highest BCUT2D eigenvalue weighted by atomic mass is 127. The monoisotopic (exact) mass is 453 g/mol. The Bertz CT molecular complexity index is 718. The molecule has 0 aliphatic carbocycles. The van der Waals surface area contributed by atoms with Gasteiger partial charge in [0.25, 0.3) is 0 Å². The largest absolute Gasteiger partial charge is 0.373 e. The van der Waals surface area contributed by atoms with E-state index in [0.29, 0.717) is 24.8 Å². The van der Waals surface area contributed by atoms with Crippen molar-refractivity contribution in [1.29, 1.82) is 0 Å². The standard InChI is InChI=1S/C18H23N5O.HI/c1-19-18(22-15-10-14-6-7-17(15)24-14)21-11-13-4-2-3-5-16(13)23-9-8-20-12-23;/h2-5,8-9,12,14-15,17H,6-7,10-11H2,1H3,(H2,19,21,22);1H. The molecule has 0 amide bonds. The quantitative estimate of drug-likeness (QED) is 0.424. The molecule has 2 N–H and O–H groups in total. The number of aliphatic imine (C=N–C) groups is 1. The van der Waals surface area contributed by atoms with Gasteiger partial charge in [-0.15, -0.1) is 24.0 Å². The molecule has 2 aliphatic rings. The van der Waals surface area contributed by atoms with Crippen molar-refractivity contribution in [3.8, 4) is 5.69 Å². The third kappa shape index (κ3) is 3.98. The number of imidazole rings is 1. The van der Waals surface area contributed by atoms with Gasteiger partial charge in [-0.2, -0.15) is 0 Å². The predicted molar refractivity (Wildman–Crippen MR) is 109 cm³/mol. The highest BCUT2D eigenvalue weighted by Gasteiger charge is 2.41. The van der Waals surface area contributed by atoms with Gasteiger partial charge in [0.1, 0.15) is 0 Å². The Morgan fingerprint density at radius 2 is 2.24 bits per heavy atom. The van der Waals surface area contributed by atoms with Gasteiger partial charge in [-0.1, -0.05) is 18.2 Å². The zero-order chi connectivity index (χ0) is 16.4. The van der Waals surface area contributed by atoms with Crippen LogP contribution in [0.3, 0.4) is 0 Å². The van der Waals surface area contributed by atoms with Crippen molar-refractivity contribution in [2.45, 2.75) is 44.1 Å². The molecule has 0 spiro atoms. The number of rotatable bonds is 4. The number of hydrogen-bond donors (Lipinski definition) is 2. The summed E-state index contributed by atoms with van der Waals surface area (Å²) in [6.45, 7) is 0.704. The third-order valence-electron chi connectivity index (χ3n) is 4.87. The van der Waals surface area contributed by atoms with E-state index in [0.717, 1.165) is 24.5 Å². The number of guanidine groups is 1. The molecule has 6 nitrogen and oxygen atoms in total. The second kappa shape index (κ2) is 8.18. The number of fused-ring (bicyclic) bond motifs is 2. The van der Waals surface area contributed by atoms with Crippen LogP contribution in [-0.2, 0) is 11.3 Å². The van der Waals surface area contributed by atoms with Gasteiger partial charge < -0.3 is 19.9 Å². The summed E-state index contributed by atoms with van der Waals surface area (Å²) in [6.07, 6.45) is 9.78. The Kier molecular flexibility index (Phi) is 5.95. The van der Waals surface area contributed by atoms with Gasteiger partial charge in [0.05, 0.1) is 30.3 Å². The number of hydrogen-bond acceptors (Lipinski definition) is 3. The molecule has 1 aromatic heterocycles. The lowest BCUT2D eigenvalue weighted by Crippen LogP contribution is -2.47. The van der Waals surface area contributed by atoms with Gasteiger partial charge in [0, 0.05) is 26.0 Å². The van der Waals surface area contributed by atoms with Crippen LogP contribution >= 0.6 is 24.0 Å². The number of para-hydroxylation sites is 1. The minimum absolute atomic E-state index is 0. The second-order valence-electron chi connectivity index (χ2n) is 6.38. The van der Waals surface area contributed by atoms with Gasteiger partial charge in [0.15, 0.2) is 5.96 Å². The van der Waals surface area contributed by atoms with E-state index in [1.54, 1.807) is 6.20 Å². The molecular formula is C18H24IN5O. The molecule has 3 unspecified atom stereocenters. The van der Waals surface area contributed by atoms with E-state index < -0.39 is 0 Å². The van der Waals surface area contributed by atoms with E-state index in [4.69, 9.17) is 4.74 Å². The molecule has 0 radical (unpaired) electrons. The van der Waals surface area contributed by atoms with Crippen LogP contribution in [0.5, 0.6) is 0 Å². The Morgan fingerprint density at radius 1 is 1.36 bits per heavy atom. The fourth-order valence-corrected chi connectivity index (χ4v) is 3.65. The Balaban J connectivity index is 0.00000182. The topological polar surface area (TPSA) is 63.5 Å². The van der Waals surface area contributed by atoms with Crippen LogP contribution in [-0.4, -0.2) is 40.8 Å². The molecule has 2 aromatic rings. The zero-order valence-electron chi connectivity index (χ0n) is 14.3. The van der Waals surface area contributed by atoms with Crippen molar-refractivity contribution in [2.75, 3.05) is 7.05 Å². The third-order valence-corrected chi connectivity index (χ3v) is 4.87. The smallest absolute Gasteiger partial charge is 0.191 e. The van der Waals surface area contributed by atoms with Crippen LogP contribution in [0, 0.1) is 0 Å². The summed E-state index contributed by atoms with van der Waals surface area (Å²) in [7, 11) is 1.81. The number of benzene rings is 1. The van der Waals surface area contributed by atoms with Gasteiger partial charge in [-0.3, -0.25) is 4.99 Å².